The second kappa shape index (κ2) is 25.4. The molecule has 176 valence electrons. The van der Waals surface area contributed by atoms with Crippen LogP contribution in [0.1, 0.15) is 130 Å². The number of nitrogens with two attached hydrogens (primary N) is 1. The molecule has 4 N–H and O–H groups in total. The van der Waals surface area contributed by atoms with E-state index in [0.29, 0.717) is 0 Å². The second-order valence-corrected chi connectivity index (χ2v) is 8.14. The summed E-state index contributed by atoms with van der Waals surface area (Å²) < 4.78 is 5.49. The van der Waals surface area contributed by atoms with Crippen LogP contribution in [-0.4, -0.2) is 35.1 Å². The summed E-state index contributed by atoms with van der Waals surface area (Å²) in [7, 11) is 0. The van der Waals surface area contributed by atoms with Crippen LogP contribution in [0.15, 0.2) is 0 Å². The van der Waals surface area contributed by atoms with Crippen LogP contribution in [0, 0.1) is 0 Å². The average molecular weight is 418 g/mol. The van der Waals surface area contributed by atoms with Gasteiger partial charge < -0.3 is 20.7 Å². The first-order valence-electron chi connectivity index (χ1n) is 12.2. The summed E-state index contributed by atoms with van der Waals surface area (Å²) in [5.41, 5.74) is 5.72. The van der Waals surface area contributed by atoms with Gasteiger partial charge in [0.2, 0.25) is 0 Å². The SMILES string of the molecule is CC(O)C(=O)O.CCCCCCCCCCCCCCCCCCOC(N)CC. The fourth-order valence-electron chi connectivity index (χ4n) is 3.00. The number of unbranched alkanes of at least 4 members (excludes halogenated alkanes) is 15. The minimum Gasteiger partial charge on any atom is -0.479 e. The van der Waals surface area contributed by atoms with Crippen LogP contribution >= 0.6 is 0 Å². The van der Waals surface area contributed by atoms with Crippen LogP contribution in [0.25, 0.3) is 0 Å². The molecule has 0 aliphatic rings. The van der Waals surface area contributed by atoms with Gasteiger partial charge in [-0.05, 0) is 19.8 Å². The highest BCUT2D eigenvalue weighted by Crippen LogP contribution is 2.13. The number of aliphatic carboxylic acids is 1. The third-order valence-corrected chi connectivity index (χ3v) is 5.09. The number of aliphatic hydroxyl groups is 1. The Kier molecular flexibility index (Phi) is 26.7. The summed E-state index contributed by atoms with van der Waals surface area (Å²) >= 11 is 0. The lowest BCUT2D eigenvalue weighted by Crippen LogP contribution is -2.22. The minimum absolute atomic E-state index is 0.0497. The number of carboxylic acid groups (broad SMARTS) is 1. The zero-order valence-corrected chi connectivity index (χ0v) is 19.7. The van der Waals surface area contributed by atoms with E-state index in [0.717, 1.165) is 13.0 Å². The van der Waals surface area contributed by atoms with Crippen molar-refractivity contribution in [1.82, 2.24) is 0 Å². The van der Waals surface area contributed by atoms with Gasteiger partial charge in [0.25, 0.3) is 0 Å². The normalized spacial score (nSPS) is 12.9. The van der Waals surface area contributed by atoms with E-state index in [-0.39, 0.29) is 6.23 Å². The molecule has 2 atom stereocenters. The van der Waals surface area contributed by atoms with Crippen molar-refractivity contribution in [3.8, 4) is 0 Å². The van der Waals surface area contributed by atoms with Crippen molar-refractivity contribution >= 4 is 5.97 Å². The zero-order valence-electron chi connectivity index (χ0n) is 19.7. The van der Waals surface area contributed by atoms with Crippen molar-refractivity contribution in [3.05, 3.63) is 0 Å². The molecule has 0 fully saturated rings. The van der Waals surface area contributed by atoms with Crippen molar-refractivity contribution in [3.63, 3.8) is 0 Å². The van der Waals surface area contributed by atoms with Crippen molar-refractivity contribution in [2.45, 2.75) is 142 Å². The molecule has 0 aliphatic carbocycles. The van der Waals surface area contributed by atoms with Gasteiger partial charge >= 0.3 is 5.97 Å². The Morgan fingerprint density at radius 1 is 0.759 bits per heavy atom. The van der Waals surface area contributed by atoms with Crippen LogP contribution < -0.4 is 5.73 Å². The molecule has 0 rings (SSSR count). The van der Waals surface area contributed by atoms with E-state index in [1.54, 1.807) is 0 Å². The van der Waals surface area contributed by atoms with Gasteiger partial charge in [0.05, 0.1) is 0 Å². The van der Waals surface area contributed by atoms with Crippen LogP contribution in [0.3, 0.4) is 0 Å². The first-order chi connectivity index (χ1) is 14.0. The molecule has 0 amide bonds. The first-order valence-corrected chi connectivity index (χ1v) is 12.2. The Morgan fingerprint density at radius 3 is 1.34 bits per heavy atom. The lowest BCUT2D eigenvalue weighted by Gasteiger charge is -2.09. The number of ether oxygens (including phenoxy) is 1. The quantitative estimate of drug-likeness (QED) is 0.157. The molecule has 0 saturated heterocycles. The molecule has 0 heterocycles. The largest absolute Gasteiger partial charge is 0.479 e. The molecule has 0 aliphatic heterocycles. The fraction of sp³-hybridized carbons (Fsp3) is 0.958. The predicted octanol–water partition coefficient (Wildman–Crippen LogP) is 6.41. The predicted molar refractivity (Wildman–Crippen MR) is 123 cm³/mol. The molecule has 5 nitrogen and oxygen atoms in total. The fourth-order valence-corrected chi connectivity index (χ4v) is 3.00. The summed E-state index contributed by atoms with van der Waals surface area (Å²) in [6.45, 7) is 6.39. The molecule has 0 aromatic carbocycles. The van der Waals surface area contributed by atoms with E-state index in [4.69, 9.17) is 20.7 Å². The minimum atomic E-state index is -1.23. The molecule has 0 aromatic rings. The van der Waals surface area contributed by atoms with E-state index in [1.807, 2.05) is 0 Å². The summed E-state index contributed by atoms with van der Waals surface area (Å²) in [4.78, 5) is 9.45. The highest BCUT2D eigenvalue weighted by molar-refractivity contribution is 5.71. The third-order valence-electron chi connectivity index (χ3n) is 5.09. The van der Waals surface area contributed by atoms with E-state index in [1.165, 1.54) is 110 Å². The number of carbonyl (C=O) groups is 1. The smallest absolute Gasteiger partial charge is 0.332 e. The van der Waals surface area contributed by atoms with Gasteiger partial charge in [-0.1, -0.05) is 110 Å². The number of aliphatic hydroxyl groups excluding tert-OH is 1. The summed E-state index contributed by atoms with van der Waals surface area (Å²) in [5.74, 6) is -1.19. The van der Waals surface area contributed by atoms with E-state index >= 15 is 0 Å². The van der Waals surface area contributed by atoms with E-state index in [9.17, 15) is 4.79 Å². The maximum Gasteiger partial charge on any atom is 0.332 e. The van der Waals surface area contributed by atoms with Gasteiger partial charge in [0.15, 0.2) is 0 Å². The molecule has 0 aromatic heterocycles. The summed E-state index contributed by atoms with van der Waals surface area (Å²) in [6, 6.07) is 0. The van der Waals surface area contributed by atoms with Crippen molar-refractivity contribution < 1.29 is 19.7 Å². The third kappa shape index (κ3) is 29.6. The Bertz CT molecular complexity index is 324. The Hall–Kier alpha value is -0.650. The van der Waals surface area contributed by atoms with E-state index in [2.05, 4.69) is 13.8 Å². The monoisotopic (exact) mass is 417 g/mol. The average Bonchev–Trinajstić information content (AvgIpc) is 2.70. The molecule has 29 heavy (non-hydrogen) atoms. The summed E-state index contributed by atoms with van der Waals surface area (Å²) in [5, 5.41) is 15.8. The molecule has 0 bridgehead atoms. The lowest BCUT2D eigenvalue weighted by atomic mass is 10.0. The molecule has 0 radical (unpaired) electrons. The molecule has 0 saturated carbocycles. The highest BCUT2D eigenvalue weighted by Gasteiger charge is 2.01. The van der Waals surface area contributed by atoms with Crippen molar-refractivity contribution in [1.29, 1.82) is 0 Å². The van der Waals surface area contributed by atoms with Crippen LogP contribution in [0.5, 0.6) is 0 Å². The Balaban J connectivity index is 0. The van der Waals surface area contributed by atoms with Crippen LogP contribution in [0.4, 0.5) is 0 Å². The van der Waals surface area contributed by atoms with Gasteiger partial charge in [-0.15, -0.1) is 0 Å². The number of hydrogen-bond donors (Lipinski definition) is 3. The standard InChI is InChI=1S/C21H45NO.C3H6O3/c1-3-5-6-7-8-9-10-11-12-13-14-15-16-17-18-19-20-23-21(22)4-2;1-2(4)3(5)6/h21H,3-20,22H2,1-2H3;2,4H,1H3,(H,5,6). The molecule has 5 heteroatoms. The second-order valence-electron chi connectivity index (χ2n) is 8.14. The van der Waals surface area contributed by atoms with Gasteiger partial charge in [-0.3, -0.25) is 0 Å². The molecular weight excluding hydrogens is 366 g/mol. The maximum absolute atomic E-state index is 9.45. The molecule has 0 spiro atoms. The van der Waals surface area contributed by atoms with Crippen LogP contribution in [-0.2, 0) is 9.53 Å². The molecular formula is C24H51NO4. The molecule has 2 unspecified atom stereocenters. The maximum atomic E-state index is 9.45. The van der Waals surface area contributed by atoms with Crippen molar-refractivity contribution in [2.24, 2.45) is 5.73 Å². The lowest BCUT2D eigenvalue weighted by molar-refractivity contribution is -0.145. The highest BCUT2D eigenvalue weighted by atomic mass is 16.5. The van der Waals surface area contributed by atoms with Gasteiger partial charge in [-0.2, -0.15) is 0 Å². The van der Waals surface area contributed by atoms with Gasteiger partial charge in [-0.25, -0.2) is 4.79 Å². The Morgan fingerprint density at radius 2 is 1.07 bits per heavy atom. The number of rotatable bonds is 20. The number of carboxylic acids is 1. The zero-order chi connectivity index (χ0) is 22.2. The number of hydrogen-bond acceptors (Lipinski definition) is 4. The first kappa shape index (κ1) is 30.5. The van der Waals surface area contributed by atoms with Gasteiger partial charge in [0.1, 0.15) is 12.3 Å². The Labute approximate surface area is 180 Å². The van der Waals surface area contributed by atoms with Gasteiger partial charge in [0, 0.05) is 6.61 Å². The topological polar surface area (TPSA) is 92.8 Å². The van der Waals surface area contributed by atoms with Crippen LogP contribution in [0.2, 0.25) is 0 Å². The summed E-state index contributed by atoms with van der Waals surface area (Å²) in [6.07, 6.45) is 22.2. The van der Waals surface area contributed by atoms with Crippen molar-refractivity contribution in [2.75, 3.05) is 6.61 Å². The van der Waals surface area contributed by atoms with E-state index < -0.39 is 12.1 Å².